The first-order valence-electron chi connectivity index (χ1n) is 12.1. The van der Waals surface area contributed by atoms with E-state index in [0.717, 1.165) is 59.0 Å². The van der Waals surface area contributed by atoms with Gasteiger partial charge in [-0.3, -0.25) is 15.0 Å². The van der Waals surface area contributed by atoms with Crippen molar-refractivity contribution in [3.63, 3.8) is 0 Å². The minimum Gasteiger partial charge on any atom is -0.378 e. The zero-order chi connectivity index (χ0) is 24.2. The number of nitrogens with one attached hydrogen (secondary N) is 3. The largest absolute Gasteiger partial charge is 0.378 e. The minimum atomic E-state index is -0.250. The monoisotopic (exact) mass is 470 g/mol. The van der Waals surface area contributed by atoms with Crippen molar-refractivity contribution < 1.29 is 4.79 Å². The molecular weight excluding hydrogens is 440 g/mol. The number of hydrogen-bond acceptors (Lipinski definition) is 6. The van der Waals surface area contributed by atoms with Crippen LogP contribution in [0.5, 0.6) is 0 Å². The van der Waals surface area contributed by atoms with Crippen LogP contribution < -0.4 is 16.0 Å². The molecule has 9 heteroatoms. The lowest BCUT2D eigenvalue weighted by Gasteiger charge is -2.22. The highest BCUT2D eigenvalue weighted by atomic mass is 16.2. The molecule has 3 N–H and O–H groups in total. The molecule has 1 unspecified atom stereocenters. The average Bonchev–Trinajstić information content (AvgIpc) is 3.31. The summed E-state index contributed by atoms with van der Waals surface area (Å²) in [6.07, 6.45) is 14.9. The van der Waals surface area contributed by atoms with Crippen molar-refractivity contribution in [2.45, 2.75) is 51.1 Å². The molecule has 0 bridgehead atoms. The van der Waals surface area contributed by atoms with Gasteiger partial charge in [-0.25, -0.2) is 14.8 Å². The van der Waals surface area contributed by atoms with Gasteiger partial charge in [0.1, 0.15) is 0 Å². The van der Waals surface area contributed by atoms with Crippen LogP contribution in [-0.4, -0.2) is 36.8 Å². The van der Waals surface area contributed by atoms with Crippen LogP contribution in [0, 0.1) is 0 Å². The van der Waals surface area contributed by atoms with Crippen LogP contribution in [0.15, 0.2) is 55.2 Å². The summed E-state index contributed by atoms with van der Waals surface area (Å²) in [6, 6.07) is 8.07. The van der Waals surface area contributed by atoms with E-state index in [2.05, 4.69) is 49.0 Å². The number of carbonyl (C=O) groups excluding carboxylic acids is 1. The second-order valence-corrected chi connectivity index (χ2v) is 9.18. The molecule has 1 atom stereocenters. The maximum Gasteiger partial charge on any atom is 0.321 e. The topological polar surface area (TPSA) is 110 Å². The Hall–Kier alpha value is -4.01. The Bertz CT molecular complexity index is 1330. The Morgan fingerprint density at radius 1 is 1.06 bits per heavy atom. The number of nitrogens with zero attached hydrogens (tertiary/aromatic N) is 5. The third kappa shape index (κ3) is 5.56. The zero-order valence-electron chi connectivity index (χ0n) is 20.0. The Morgan fingerprint density at radius 3 is 2.71 bits per heavy atom. The van der Waals surface area contributed by atoms with Gasteiger partial charge in [-0.15, -0.1) is 0 Å². The fourth-order valence-corrected chi connectivity index (χ4v) is 4.50. The van der Waals surface area contributed by atoms with Crippen molar-refractivity contribution in [2.75, 3.05) is 10.6 Å². The molecule has 5 rings (SSSR count). The van der Waals surface area contributed by atoms with E-state index < -0.39 is 0 Å². The molecule has 0 saturated heterocycles. The molecule has 0 aliphatic heterocycles. The molecule has 180 valence electrons. The van der Waals surface area contributed by atoms with E-state index in [1.807, 2.05) is 50.0 Å². The number of urea groups is 1. The van der Waals surface area contributed by atoms with Gasteiger partial charge in [0.05, 0.1) is 17.8 Å². The van der Waals surface area contributed by atoms with Crippen LogP contribution in [0.2, 0.25) is 0 Å². The van der Waals surface area contributed by atoms with E-state index in [9.17, 15) is 4.79 Å². The molecule has 3 aromatic heterocycles. The second kappa shape index (κ2) is 10.1. The second-order valence-electron chi connectivity index (χ2n) is 9.18. The van der Waals surface area contributed by atoms with Crippen LogP contribution >= 0.6 is 0 Å². The lowest BCUT2D eigenvalue weighted by Crippen LogP contribution is -2.39. The Kier molecular flexibility index (Phi) is 6.56. The molecule has 0 spiro atoms. The predicted molar refractivity (Wildman–Crippen MR) is 137 cm³/mol. The summed E-state index contributed by atoms with van der Waals surface area (Å²) in [5, 5.41) is 14.5. The summed E-state index contributed by atoms with van der Waals surface area (Å²) in [5.74, 6) is 0.296. The molecule has 1 aromatic carbocycles. The van der Waals surface area contributed by atoms with Crippen LogP contribution in [0.3, 0.4) is 0 Å². The number of pyridine rings is 1. The fraction of sp³-hybridized carbons (Fsp3) is 0.346. The highest BCUT2D eigenvalue weighted by Crippen LogP contribution is 2.26. The third-order valence-electron chi connectivity index (χ3n) is 6.43. The molecule has 35 heavy (non-hydrogen) atoms. The summed E-state index contributed by atoms with van der Waals surface area (Å²) < 4.78 is 1.78. The first kappa shape index (κ1) is 22.8. The smallest absolute Gasteiger partial charge is 0.321 e. The van der Waals surface area contributed by atoms with Crippen molar-refractivity contribution in [2.24, 2.45) is 7.05 Å². The number of hydrogen-bond donors (Lipinski definition) is 3. The van der Waals surface area contributed by atoms with Gasteiger partial charge in [0.2, 0.25) is 5.95 Å². The molecule has 1 aliphatic rings. The summed E-state index contributed by atoms with van der Waals surface area (Å²) >= 11 is 0. The summed E-state index contributed by atoms with van der Waals surface area (Å²) in [4.78, 5) is 25.7. The number of fused-ring (bicyclic) bond motifs is 1. The maximum atomic E-state index is 12.4. The van der Waals surface area contributed by atoms with E-state index >= 15 is 0 Å². The van der Waals surface area contributed by atoms with E-state index in [1.54, 1.807) is 10.9 Å². The van der Waals surface area contributed by atoms with Gasteiger partial charge in [0, 0.05) is 60.1 Å². The van der Waals surface area contributed by atoms with E-state index in [0.29, 0.717) is 5.95 Å². The first-order valence-corrected chi connectivity index (χ1v) is 12.1. The Balaban J connectivity index is 1.28. The van der Waals surface area contributed by atoms with E-state index in [1.165, 1.54) is 6.42 Å². The van der Waals surface area contributed by atoms with Crippen molar-refractivity contribution in [3.05, 3.63) is 60.8 Å². The lowest BCUT2D eigenvalue weighted by molar-refractivity contribution is 0.244. The molecule has 0 radical (unpaired) electrons. The highest BCUT2D eigenvalue weighted by Gasteiger charge is 2.16. The van der Waals surface area contributed by atoms with Crippen molar-refractivity contribution in [1.29, 1.82) is 0 Å². The van der Waals surface area contributed by atoms with Crippen LogP contribution in [0.25, 0.3) is 22.0 Å². The number of rotatable bonds is 6. The standard InChI is InChI=1S/C26H30N8O/c1-17(19-10-20(13-27-12-19)21-15-29-34(2)16-21)30-23-9-8-18-14-28-25(32-24(18)11-23)33-26(35)31-22-6-4-3-5-7-22/h8-17,22,30H,3-7H2,1-2H3,(H2,28,31,32,33,35). The number of amides is 2. The maximum absolute atomic E-state index is 12.4. The van der Waals surface area contributed by atoms with Crippen molar-refractivity contribution in [1.82, 2.24) is 30.0 Å². The number of anilines is 2. The molecule has 1 fully saturated rings. The molecule has 9 nitrogen and oxygen atoms in total. The average molecular weight is 471 g/mol. The number of aromatic nitrogens is 5. The van der Waals surface area contributed by atoms with Gasteiger partial charge >= 0.3 is 6.03 Å². The lowest BCUT2D eigenvalue weighted by atomic mass is 9.96. The van der Waals surface area contributed by atoms with Gasteiger partial charge in [-0.05, 0) is 49.6 Å². The molecule has 2 amide bonds. The van der Waals surface area contributed by atoms with Crippen LogP contribution in [-0.2, 0) is 7.05 Å². The quantitative estimate of drug-likeness (QED) is 0.364. The third-order valence-corrected chi connectivity index (χ3v) is 6.43. The van der Waals surface area contributed by atoms with E-state index in [4.69, 9.17) is 0 Å². The van der Waals surface area contributed by atoms with E-state index in [-0.39, 0.29) is 18.1 Å². The Morgan fingerprint density at radius 2 is 1.91 bits per heavy atom. The number of carbonyl (C=O) groups is 1. The molecule has 1 aliphatic carbocycles. The normalized spacial score (nSPS) is 15.0. The summed E-state index contributed by atoms with van der Waals surface area (Å²) in [5.41, 5.74) is 4.80. The summed E-state index contributed by atoms with van der Waals surface area (Å²) in [6.45, 7) is 2.09. The molecule has 1 saturated carbocycles. The van der Waals surface area contributed by atoms with Crippen molar-refractivity contribution >= 4 is 28.6 Å². The van der Waals surface area contributed by atoms with Gasteiger partial charge in [0.15, 0.2) is 0 Å². The minimum absolute atomic E-state index is 0.0253. The molecule has 4 aromatic rings. The zero-order valence-corrected chi connectivity index (χ0v) is 20.0. The van der Waals surface area contributed by atoms with Gasteiger partial charge < -0.3 is 10.6 Å². The first-order chi connectivity index (χ1) is 17.0. The fourth-order valence-electron chi connectivity index (χ4n) is 4.50. The summed E-state index contributed by atoms with van der Waals surface area (Å²) in [7, 11) is 1.90. The highest BCUT2D eigenvalue weighted by molar-refractivity contribution is 5.89. The van der Waals surface area contributed by atoms with Gasteiger partial charge in [-0.2, -0.15) is 5.10 Å². The molecular formula is C26H30N8O. The number of aryl methyl sites for hydroxylation is 1. The predicted octanol–water partition coefficient (Wildman–Crippen LogP) is 5.05. The van der Waals surface area contributed by atoms with Gasteiger partial charge in [0.25, 0.3) is 0 Å². The van der Waals surface area contributed by atoms with Gasteiger partial charge in [-0.1, -0.05) is 19.3 Å². The SMILES string of the molecule is CC(Nc1ccc2cnc(NC(=O)NC3CCCCC3)nc2c1)c1cncc(-c2cnn(C)c2)c1. The van der Waals surface area contributed by atoms with Crippen molar-refractivity contribution in [3.8, 4) is 11.1 Å². The van der Waals surface area contributed by atoms with Crippen LogP contribution in [0.1, 0.15) is 50.6 Å². The molecule has 3 heterocycles. The number of benzene rings is 1. The van der Waals surface area contributed by atoms with Crippen LogP contribution in [0.4, 0.5) is 16.4 Å². The Labute approximate surface area is 204 Å².